The topological polar surface area (TPSA) is 119 Å². The monoisotopic (exact) mass is 614 g/mol. The van der Waals surface area contributed by atoms with Gasteiger partial charge in [-0.15, -0.1) is 0 Å². The van der Waals surface area contributed by atoms with E-state index < -0.39 is 16.0 Å². The molecule has 5 atom stereocenters. The number of methoxy groups -OCH3 is 1. The van der Waals surface area contributed by atoms with Crippen LogP contribution in [0.3, 0.4) is 0 Å². The van der Waals surface area contributed by atoms with Crippen molar-refractivity contribution in [3.63, 3.8) is 0 Å². The van der Waals surface area contributed by atoms with E-state index in [1.165, 1.54) is 16.7 Å². The van der Waals surface area contributed by atoms with Gasteiger partial charge in [0, 0.05) is 30.6 Å². The van der Waals surface area contributed by atoms with Crippen molar-refractivity contribution >= 4 is 33.3 Å². The molecule has 226 valence electrons. The average molecular weight is 615 g/mol. The number of carbonyl (C=O) groups is 1. The summed E-state index contributed by atoms with van der Waals surface area (Å²) in [6, 6.07) is 11.4. The van der Waals surface area contributed by atoms with E-state index in [1.807, 2.05) is 6.07 Å². The van der Waals surface area contributed by atoms with Gasteiger partial charge in [0.05, 0.1) is 29.7 Å². The number of benzene rings is 2. The summed E-state index contributed by atoms with van der Waals surface area (Å²) in [5.74, 6) is 0.684. The summed E-state index contributed by atoms with van der Waals surface area (Å²) in [7, 11) is -1.71. The molecule has 8 nitrogen and oxygen atoms in total. The van der Waals surface area contributed by atoms with Gasteiger partial charge >= 0.3 is 5.97 Å². The van der Waals surface area contributed by atoms with E-state index in [9.17, 15) is 18.3 Å². The molecule has 1 spiro atoms. The molecule has 0 saturated heterocycles. The van der Waals surface area contributed by atoms with Crippen molar-refractivity contribution in [2.75, 3.05) is 37.5 Å². The number of nitrogens with zero attached hydrogens (tertiary/aromatic N) is 1. The maximum Gasteiger partial charge on any atom is 0.335 e. The first kappa shape index (κ1) is 29.5. The highest BCUT2D eigenvalue weighted by molar-refractivity contribution is 7.89. The lowest BCUT2D eigenvalue weighted by Crippen LogP contribution is -2.50. The van der Waals surface area contributed by atoms with Gasteiger partial charge in [-0.2, -0.15) is 0 Å². The predicted octanol–water partition coefficient (Wildman–Crippen LogP) is 5.18. The van der Waals surface area contributed by atoms with Crippen LogP contribution in [0.5, 0.6) is 5.75 Å². The number of carboxylic acids is 1. The van der Waals surface area contributed by atoms with Gasteiger partial charge in [0.1, 0.15) is 5.75 Å². The molecule has 6 rings (SSSR count). The first-order valence-corrected chi connectivity index (χ1v) is 16.9. The number of carboxylic acid groups (broad SMARTS) is 1. The van der Waals surface area contributed by atoms with E-state index in [0.29, 0.717) is 24.9 Å². The largest absolute Gasteiger partial charge is 0.490 e. The van der Waals surface area contributed by atoms with Crippen LogP contribution in [-0.4, -0.2) is 58.2 Å². The number of sulfonamides is 1. The molecule has 2 aromatic carbocycles. The van der Waals surface area contributed by atoms with Gasteiger partial charge in [-0.1, -0.05) is 23.7 Å². The molecule has 3 aliphatic carbocycles. The summed E-state index contributed by atoms with van der Waals surface area (Å²) in [6.45, 7) is 2.03. The van der Waals surface area contributed by atoms with Crippen molar-refractivity contribution in [2.45, 2.75) is 56.5 Å². The van der Waals surface area contributed by atoms with Crippen LogP contribution in [-0.2, 0) is 26.6 Å². The number of primary sulfonamides is 1. The number of anilines is 1. The van der Waals surface area contributed by atoms with E-state index in [1.54, 1.807) is 25.3 Å². The SMILES string of the molecule is CO[C@@H](C1=C[C@@H](CCS(N)(=O)=O)C1)[C@@H]1CC[C@H]1CN1C[C@@]2(CCCc3cc(Cl)ccc32)COc2ccc(C(=O)O)cc21. The lowest BCUT2D eigenvalue weighted by molar-refractivity contribution is 0.000513. The molecule has 0 aromatic heterocycles. The molecule has 1 saturated carbocycles. The minimum atomic E-state index is -3.46. The lowest BCUT2D eigenvalue weighted by Gasteiger charge is -2.47. The van der Waals surface area contributed by atoms with Crippen LogP contribution in [0.1, 0.15) is 60.0 Å². The Labute approximate surface area is 252 Å². The predicted molar refractivity (Wildman–Crippen MR) is 163 cm³/mol. The molecule has 0 unspecified atom stereocenters. The third-order valence-corrected chi connectivity index (χ3v) is 11.0. The molecule has 2 aromatic rings. The molecule has 42 heavy (non-hydrogen) atoms. The number of ether oxygens (including phenoxy) is 2. The number of aryl methyl sites for hydroxylation is 1. The Morgan fingerprint density at radius 3 is 2.76 bits per heavy atom. The van der Waals surface area contributed by atoms with Crippen molar-refractivity contribution < 1.29 is 27.8 Å². The lowest BCUT2D eigenvalue weighted by atomic mass is 9.65. The van der Waals surface area contributed by atoms with E-state index in [4.69, 9.17) is 26.2 Å². The summed E-state index contributed by atoms with van der Waals surface area (Å²) in [5, 5.41) is 15.7. The number of halogens is 1. The summed E-state index contributed by atoms with van der Waals surface area (Å²) >= 11 is 6.38. The second-order valence-corrected chi connectivity index (χ2v) is 14.8. The van der Waals surface area contributed by atoms with Gasteiger partial charge in [-0.25, -0.2) is 18.4 Å². The van der Waals surface area contributed by atoms with Crippen LogP contribution >= 0.6 is 11.6 Å². The number of allylic oxidation sites excluding steroid dienone is 1. The number of rotatable bonds is 9. The molecule has 1 heterocycles. The van der Waals surface area contributed by atoms with Crippen molar-refractivity contribution in [3.05, 3.63) is 69.8 Å². The van der Waals surface area contributed by atoms with Crippen LogP contribution in [0, 0.1) is 17.8 Å². The standard InChI is InChI=1S/C32H39ClN2O6S/c1-40-30(24-13-20(14-24)10-12-42(34,38)39)26-7-4-23(26)17-35-18-32(11-2-3-21-15-25(33)6-8-27(21)32)19-41-29-9-5-22(31(36)37)16-28(29)35/h5-6,8-9,13,15-16,20,23,26,30H,2-4,7,10-12,14,17-19H2,1H3,(H,36,37)(H2,34,38,39)/t20-,23+,26-,30+,32+/m1/s1. The second kappa shape index (κ2) is 11.5. The number of nitrogens with two attached hydrogens (primary N) is 1. The highest BCUT2D eigenvalue weighted by Gasteiger charge is 2.45. The number of aromatic carboxylic acids is 1. The molecule has 1 fully saturated rings. The number of hydrogen-bond acceptors (Lipinski definition) is 6. The van der Waals surface area contributed by atoms with E-state index in [0.717, 1.165) is 68.1 Å². The summed E-state index contributed by atoms with van der Waals surface area (Å²) < 4.78 is 35.3. The van der Waals surface area contributed by atoms with Gasteiger partial charge in [-0.05, 0) is 110 Å². The van der Waals surface area contributed by atoms with Gasteiger partial charge < -0.3 is 19.5 Å². The zero-order chi connectivity index (χ0) is 29.6. The highest BCUT2D eigenvalue weighted by Crippen LogP contribution is 2.48. The molecule has 1 aliphatic heterocycles. The van der Waals surface area contributed by atoms with Crippen LogP contribution < -0.4 is 14.8 Å². The maximum absolute atomic E-state index is 11.9. The van der Waals surface area contributed by atoms with Gasteiger partial charge in [0.2, 0.25) is 10.0 Å². The maximum atomic E-state index is 11.9. The highest BCUT2D eigenvalue weighted by atomic mass is 35.5. The van der Waals surface area contributed by atoms with Crippen molar-refractivity contribution in [1.82, 2.24) is 0 Å². The molecule has 4 aliphatic rings. The van der Waals surface area contributed by atoms with E-state index in [-0.39, 0.29) is 28.8 Å². The normalized spacial score (nSPS) is 27.5. The van der Waals surface area contributed by atoms with Crippen molar-refractivity contribution in [2.24, 2.45) is 22.9 Å². The average Bonchev–Trinajstić information content (AvgIpc) is 3.05. The third-order valence-electron chi connectivity index (χ3n) is 9.94. The minimum Gasteiger partial charge on any atom is -0.490 e. The Morgan fingerprint density at radius 2 is 2.07 bits per heavy atom. The molecule has 0 amide bonds. The van der Waals surface area contributed by atoms with Crippen molar-refractivity contribution in [3.8, 4) is 5.75 Å². The van der Waals surface area contributed by atoms with E-state index >= 15 is 0 Å². The second-order valence-electron chi connectivity index (χ2n) is 12.6. The van der Waals surface area contributed by atoms with Crippen LogP contribution in [0.25, 0.3) is 0 Å². The Morgan fingerprint density at radius 1 is 1.26 bits per heavy atom. The summed E-state index contributed by atoms with van der Waals surface area (Å²) in [4.78, 5) is 14.3. The molecule has 0 radical (unpaired) electrons. The van der Waals surface area contributed by atoms with Crippen molar-refractivity contribution in [1.29, 1.82) is 0 Å². The van der Waals surface area contributed by atoms with Gasteiger partial charge in [0.25, 0.3) is 0 Å². The molecule has 10 heteroatoms. The summed E-state index contributed by atoms with van der Waals surface area (Å²) in [6.07, 6.45) is 8.68. The quantitative estimate of drug-likeness (QED) is 0.374. The fraction of sp³-hybridized carbons (Fsp3) is 0.531. The Hall–Kier alpha value is -2.59. The smallest absolute Gasteiger partial charge is 0.335 e. The van der Waals surface area contributed by atoms with Gasteiger partial charge in [-0.3, -0.25) is 0 Å². The third kappa shape index (κ3) is 5.81. The zero-order valence-corrected chi connectivity index (χ0v) is 25.5. The van der Waals surface area contributed by atoms with E-state index in [2.05, 4.69) is 23.1 Å². The Balaban J connectivity index is 1.27. The molecular weight excluding hydrogens is 576 g/mol. The zero-order valence-electron chi connectivity index (χ0n) is 23.9. The Kier molecular flexibility index (Phi) is 8.06. The minimum absolute atomic E-state index is 0.00297. The fourth-order valence-corrected chi connectivity index (χ4v) is 8.46. The van der Waals surface area contributed by atoms with Crippen LogP contribution in [0.15, 0.2) is 48.0 Å². The summed E-state index contributed by atoms with van der Waals surface area (Å²) in [5.41, 5.74) is 4.64. The number of hydrogen-bond donors (Lipinski definition) is 2. The first-order chi connectivity index (χ1) is 20.0. The van der Waals surface area contributed by atoms with Crippen LogP contribution in [0.4, 0.5) is 5.69 Å². The fourth-order valence-electron chi connectivity index (χ4n) is 7.64. The number of fused-ring (bicyclic) bond motifs is 3. The molecular formula is C32H39ClN2O6S. The Bertz CT molecular complexity index is 1510. The molecule has 3 N–H and O–H groups in total. The first-order valence-electron chi connectivity index (χ1n) is 14.8. The molecule has 0 bridgehead atoms. The van der Waals surface area contributed by atoms with Crippen LogP contribution in [0.2, 0.25) is 5.02 Å². The van der Waals surface area contributed by atoms with Gasteiger partial charge in [0.15, 0.2) is 0 Å².